The van der Waals surface area contributed by atoms with Crippen molar-refractivity contribution < 1.29 is 28.5 Å². The van der Waals surface area contributed by atoms with Crippen molar-refractivity contribution in [2.24, 2.45) is 0 Å². The zero-order valence-electron chi connectivity index (χ0n) is 22.9. The van der Waals surface area contributed by atoms with E-state index in [9.17, 15) is 29.0 Å². The molecule has 2 fully saturated rings. The Morgan fingerprint density at radius 2 is 1.78 bits per heavy atom. The molecular weight excluding hydrogens is 564 g/mol. The van der Waals surface area contributed by atoms with Gasteiger partial charge in [-0.3, -0.25) is 0 Å². The van der Waals surface area contributed by atoms with E-state index in [1.807, 2.05) is 12.1 Å². The van der Waals surface area contributed by atoms with E-state index in [0.717, 1.165) is 47.4 Å². The third-order valence-electron chi connectivity index (χ3n) is 7.78. The Balaban J connectivity index is 1.35. The Morgan fingerprint density at radius 3 is 2.49 bits per heavy atom. The van der Waals surface area contributed by atoms with Gasteiger partial charge in [0.25, 0.3) is 10.0 Å². The maximum atomic E-state index is 13.1. The van der Waals surface area contributed by atoms with Crippen LogP contribution in [-0.2, 0) is 14.8 Å². The molecule has 0 spiro atoms. The van der Waals surface area contributed by atoms with E-state index >= 15 is 0 Å². The first-order valence-corrected chi connectivity index (χ1v) is 15.7. The highest BCUT2D eigenvalue weighted by molar-refractivity contribution is 7.93. The van der Waals surface area contributed by atoms with Crippen molar-refractivity contribution in [3.63, 3.8) is 0 Å². The number of nitrogens with zero attached hydrogens (tertiary/aromatic N) is 3. The van der Waals surface area contributed by atoms with Gasteiger partial charge < -0.3 is 29.9 Å². The highest BCUT2D eigenvalue weighted by Gasteiger charge is 2.40. The number of sulfonamides is 1. The van der Waals surface area contributed by atoms with Crippen LogP contribution < -0.4 is 9.62 Å². The van der Waals surface area contributed by atoms with Gasteiger partial charge in [-0.25, -0.2) is 13.1 Å². The lowest BCUT2D eigenvalue weighted by atomic mass is 9.99. The number of piperazine rings is 1. The Bertz CT molecular complexity index is 1590. The standard InChI is InChI=1S/C29H34N4O6S2/c1-18(27(15-30)41(37,38)31-23-17-39-24(16-34)29(36)28(23)35)25-7-8-26(40-25)21-4-3-20-14-22(6-5-19(20)13-21)33-11-9-32(2)10-12-33/h3-8,13-14,23-24,28-29,31,34-36H,9-12,16-17H2,1-2H3/b27-18+/t23?,24-,28-,29-/m1/s1. The number of allylic oxidation sites excluding steroid dienone is 2. The summed E-state index contributed by atoms with van der Waals surface area (Å²) in [4.78, 5) is 5.80. The number of thiophene rings is 1. The maximum Gasteiger partial charge on any atom is 0.251 e. The Kier molecular flexibility index (Phi) is 8.79. The molecule has 12 heteroatoms. The lowest BCUT2D eigenvalue weighted by Crippen LogP contribution is -2.59. The molecule has 1 unspecified atom stereocenters. The number of nitrogens with one attached hydrogen (secondary N) is 1. The zero-order chi connectivity index (χ0) is 29.3. The van der Waals surface area contributed by atoms with Crippen LogP contribution in [0.5, 0.6) is 0 Å². The molecule has 0 aliphatic carbocycles. The van der Waals surface area contributed by atoms with E-state index in [2.05, 4.69) is 51.9 Å². The number of likely N-dealkylation sites (N-methyl/N-ethyl adjacent to an activating group) is 1. The third-order valence-corrected chi connectivity index (χ3v) is 10.6. The molecular formula is C29H34N4O6S2. The number of hydrogen-bond donors (Lipinski definition) is 4. The molecule has 0 amide bonds. The lowest BCUT2D eigenvalue weighted by Gasteiger charge is -2.36. The molecule has 2 aromatic carbocycles. The van der Waals surface area contributed by atoms with Gasteiger partial charge in [-0.1, -0.05) is 18.2 Å². The van der Waals surface area contributed by atoms with Gasteiger partial charge in [0.1, 0.15) is 24.4 Å². The Morgan fingerprint density at radius 1 is 1.07 bits per heavy atom. The van der Waals surface area contributed by atoms with Crippen LogP contribution in [0.1, 0.15) is 11.8 Å². The van der Waals surface area contributed by atoms with Gasteiger partial charge in [0.15, 0.2) is 4.91 Å². The Labute approximate surface area is 243 Å². The molecule has 1 aromatic heterocycles. The van der Waals surface area contributed by atoms with E-state index in [1.165, 1.54) is 17.0 Å². The van der Waals surface area contributed by atoms with E-state index in [-0.39, 0.29) is 12.2 Å². The summed E-state index contributed by atoms with van der Waals surface area (Å²) in [6, 6.07) is 17.0. The van der Waals surface area contributed by atoms with E-state index in [0.29, 0.717) is 4.88 Å². The minimum absolute atomic E-state index is 0.261. The van der Waals surface area contributed by atoms with Gasteiger partial charge in [0.2, 0.25) is 0 Å². The normalized spacial score (nSPS) is 24.7. The zero-order valence-corrected chi connectivity index (χ0v) is 24.5. The number of fused-ring (bicyclic) bond motifs is 1. The Hall–Kier alpha value is -2.86. The number of aliphatic hydroxyl groups excluding tert-OH is 3. The maximum absolute atomic E-state index is 13.1. The topological polar surface area (TPSA) is 146 Å². The largest absolute Gasteiger partial charge is 0.394 e. The molecule has 0 radical (unpaired) electrons. The first kappa shape index (κ1) is 29.6. The second-order valence-corrected chi connectivity index (χ2v) is 13.3. The third kappa shape index (κ3) is 6.18. The van der Waals surface area contributed by atoms with Gasteiger partial charge in [-0.2, -0.15) is 5.26 Å². The summed E-state index contributed by atoms with van der Waals surface area (Å²) in [5.74, 6) is 0. The minimum Gasteiger partial charge on any atom is -0.394 e. The molecule has 2 aliphatic heterocycles. The molecule has 4 atom stereocenters. The summed E-state index contributed by atoms with van der Waals surface area (Å²) >= 11 is 1.38. The number of rotatable bonds is 7. The summed E-state index contributed by atoms with van der Waals surface area (Å²) in [7, 11) is -2.20. The minimum atomic E-state index is -4.35. The van der Waals surface area contributed by atoms with Crippen molar-refractivity contribution in [3.05, 3.63) is 58.3 Å². The first-order chi connectivity index (χ1) is 19.6. The van der Waals surface area contributed by atoms with E-state index in [4.69, 9.17) is 4.74 Å². The summed E-state index contributed by atoms with van der Waals surface area (Å²) in [6.45, 7) is 4.88. The predicted molar refractivity (Wildman–Crippen MR) is 160 cm³/mol. The average Bonchev–Trinajstić information content (AvgIpc) is 3.46. The van der Waals surface area contributed by atoms with Crippen molar-refractivity contribution in [3.8, 4) is 16.5 Å². The fourth-order valence-corrected chi connectivity index (χ4v) is 7.64. The average molecular weight is 599 g/mol. The summed E-state index contributed by atoms with van der Waals surface area (Å²) in [6.07, 6.45) is -4.00. The van der Waals surface area contributed by atoms with Crippen LogP contribution in [0.2, 0.25) is 0 Å². The van der Waals surface area contributed by atoms with Gasteiger partial charge in [0, 0.05) is 41.6 Å². The summed E-state index contributed by atoms with van der Waals surface area (Å²) in [5.41, 5.74) is 2.48. The predicted octanol–water partition coefficient (Wildman–Crippen LogP) is 1.98. The van der Waals surface area contributed by atoms with Gasteiger partial charge >= 0.3 is 0 Å². The van der Waals surface area contributed by atoms with Crippen LogP contribution in [0.25, 0.3) is 26.8 Å². The lowest BCUT2D eigenvalue weighted by molar-refractivity contribution is -0.158. The summed E-state index contributed by atoms with van der Waals surface area (Å²) < 4.78 is 33.8. The molecule has 5 rings (SSSR count). The van der Waals surface area contributed by atoms with Gasteiger partial charge in [0.05, 0.1) is 19.3 Å². The number of hydrogen-bond acceptors (Lipinski definition) is 10. The van der Waals surface area contributed by atoms with E-state index < -0.39 is 45.9 Å². The van der Waals surface area contributed by atoms with Crippen molar-refractivity contribution >= 4 is 43.4 Å². The van der Waals surface area contributed by atoms with Crippen LogP contribution in [0.3, 0.4) is 0 Å². The monoisotopic (exact) mass is 598 g/mol. The fourth-order valence-electron chi connectivity index (χ4n) is 5.20. The van der Waals surface area contributed by atoms with Crippen LogP contribution in [-0.4, -0.2) is 99.4 Å². The first-order valence-electron chi connectivity index (χ1n) is 13.4. The fraction of sp³-hybridized carbons (Fsp3) is 0.414. The second kappa shape index (κ2) is 12.2. The van der Waals surface area contributed by atoms with Gasteiger partial charge in [-0.15, -0.1) is 11.3 Å². The van der Waals surface area contributed by atoms with Crippen LogP contribution in [0.4, 0.5) is 5.69 Å². The number of ether oxygens (including phenoxy) is 1. The van der Waals surface area contributed by atoms with Crippen molar-refractivity contribution in [2.45, 2.75) is 31.3 Å². The van der Waals surface area contributed by atoms with Crippen LogP contribution >= 0.6 is 11.3 Å². The molecule has 2 saturated heterocycles. The number of benzene rings is 2. The molecule has 10 nitrogen and oxygen atoms in total. The SMILES string of the molecule is C/C(=C(/C#N)S(=O)(=O)NC1CO[C@H](CO)[C@@H](O)[C@@H]1O)c1ccc(-c2ccc3cc(N4CCN(C)CC4)ccc3c2)s1. The number of nitriles is 1. The molecule has 4 N–H and O–H groups in total. The van der Waals surface area contributed by atoms with Crippen molar-refractivity contribution in [2.75, 3.05) is 51.3 Å². The molecule has 0 bridgehead atoms. The molecule has 2 aliphatic rings. The van der Waals surface area contributed by atoms with Crippen LogP contribution in [0, 0.1) is 11.3 Å². The van der Waals surface area contributed by atoms with Gasteiger partial charge in [-0.05, 0) is 66.2 Å². The quantitative estimate of drug-likeness (QED) is 0.300. The number of anilines is 1. The molecule has 3 aromatic rings. The van der Waals surface area contributed by atoms with Crippen molar-refractivity contribution in [1.82, 2.24) is 9.62 Å². The molecule has 218 valence electrons. The smallest absolute Gasteiger partial charge is 0.251 e. The molecule has 0 saturated carbocycles. The number of aliphatic hydroxyl groups is 3. The van der Waals surface area contributed by atoms with Crippen molar-refractivity contribution in [1.29, 1.82) is 5.26 Å². The molecule has 41 heavy (non-hydrogen) atoms. The molecule has 3 heterocycles. The van der Waals surface area contributed by atoms with E-state index in [1.54, 1.807) is 19.1 Å². The highest BCUT2D eigenvalue weighted by atomic mass is 32.2. The summed E-state index contributed by atoms with van der Waals surface area (Å²) in [5, 5.41) is 41.7. The highest BCUT2D eigenvalue weighted by Crippen LogP contribution is 2.36. The van der Waals surface area contributed by atoms with Crippen LogP contribution in [0.15, 0.2) is 53.4 Å². The second-order valence-electron chi connectivity index (χ2n) is 10.5.